The van der Waals surface area contributed by atoms with Crippen LogP contribution in [0.2, 0.25) is 0 Å². The van der Waals surface area contributed by atoms with E-state index < -0.39 is 11.6 Å². The highest BCUT2D eigenvalue weighted by Crippen LogP contribution is 2.42. The van der Waals surface area contributed by atoms with Crippen LogP contribution in [0.4, 0.5) is 14.5 Å². The van der Waals surface area contributed by atoms with Crippen molar-refractivity contribution in [3.05, 3.63) is 77.9 Å². The molecular formula is C19H13F2NOS. The Kier molecular flexibility index (Phi) is 3.73. The van der Waals surface area contributed by atoms with Crippen molar-refractivity contribution in [2.75, 3.05) is 10.7 Å². The lowest BCUT2D eigenvalue weighted by Crippen LogP contribution is -2.27. The third-order valence-electron chi connectivity index (χ3n) is 4.11. The summed E-state index contributed by atoms with van der Waals surface area (Å²) in [7, 11) is 0. The molecule has 1 unspecified atom stereocenters. The van der Waals surface area contributed by atoms with Crippen LogP contribution >= 0.6 is 11.8 Å². The molecule has 1 amide bonds. The van der Waals surface area contributed by atoms with Crippen LogP contribution in [-0.2, 0) is 4.79 Å². The van der Waals surface area contributed by atoms with E-state index in [0.29, 0.717) is 11.3 Å². The van der Waals surface area contributed by atoms with Gasteiger partial charge in [0.15, 0.2) is 11.6 Å². The molecule has 0 aromatic heterocycles. The van der Waals surface area contributed by atoms with Gasteiger partial charge in [-0.2, -0.15) is 0 Å². The Bertz CT molecular complexity index is 944. The number of rotatable bonds is 2. The number of carbonyl (C=O) groups is 1. The van der Waals surface area contributed by atoms with Gasteiger partial charge < -0.3 is 0 Å². The average molecular weight is 341 g/mol. The Morgan fingerprint density at radius 2 is 1.71 bits per heavy atom. The molecule has 1 fully saturated rings. The fraction of sp³-hybridized carbons (Fsp3) is 0.105. The summed E-state index contributed by atoms with van der Waals surface area (Å²) < 4.78 is 26.8. The van der Waals surface area contributed by atoms with Crippen LogP contribution in [0.5, 0.6) is 0 Å². The van der Waals surface area contributed by atoms with Crippen molar-refractivity contribution in [2.45, 2.75) is 5.37 Å². The van der Waals surface area contributed by atoms with Gasteiger partial charge in [-0.3, -0.25) is 9.69 Å². The Morgan fingerprint density at radius 1 is 0.917 bits per heavy atom. The number of thioether (sulfide) groups is 1. The number of fused-ring (bicyclic) bond motifs is 1. The molecule has 3 aromatic rings. The Balaban J connectivity index is 1.77. The van der Waals surface area contributed by atoms with Crippen molar-refractivity contribution in [1.82, 2.24) is 0 Å². The van der Waals surface area contributed by atoms with Crippen LogP contribution < -0.4 is 4.90 Å². The highest BCUT2D eigenvalue weighted by Gasteiger charge is 2.34. The third-order valence-corrected chi connectivity index (χ3v) is 5.32. The summed E-state index contributed by atoms with van der Waals surface area (Å²) in [5.74, 6) is -1.50. The molecule has 0 aliphatic carbocycles. The van der Waals surface area contributed by atoms with Crippen LogP contribution in [0.3, 0.4) is 0 Å². The van der Waals surface area contributed by atoms with Crippen LogP contribution in [0.25, 0.3) is 10.8 Å². The third kappa shape index (κ3) is 2.55. The van der Waals surface area contributed by atoms with E-state index in [0.717, 1.165) is 22.5 Å². The molecule has 1 saturated heterocycles. The molecule has 5 heteroatoms. The van der Waals surface area contributed by atoms with Gasteiger partial charge in [0.2, 0.25) is 5.91 Å². The molecule has 0 radical (unpaired) electrons. The van der Waals surface area contributed by atoms with E-state index in [-0.39, 0.29) is 11.3 Å². The standard InChI is InChI=1S/C19H13F2NOS/c20-16-8-6-14(10-17(16)21)19-22(18(23)11-24-19)15-7-5-12-3-1-2-4-13(12)9-15/h1-10,19H,11H2. The van der Waals surface area contributed by atoms with E-state index in [1.807, 2.05) is 42.5 Å². The highest BCUT2D eigenvalue weighted by molar-refractivity contribution is 8.00. The lowest BCUT2D eigenvalue weighted by Gasteiger charge is -2.24. The molecule has 120 valence electrons. The molecule has 0 spiro atoms. The van der Waals surface area contributed by atoms with Gasteiger partial charge in [0.05, 0.1) is 5.75 Å². The topological polar surface area (TPSA) is 20.3 Å². The summed E-state index contributed by atoms with van der Waals surface area (Å²) >= 11 is 1.41. The Hall–Kier alpha value is -2.40. The number of benzene rings is 3. The molecular weight excluding hydrogens is 328 g/mol. The predicted molar refractivity (Wildman–Crippen MR) is 93.0 cm³/mol. The zero-order valence-corrected chi connectivity index (χ0v) is 13.4. The highest BCUT2D eigenvalue weighted by atomic mass is 32.2. The number of halogens is 2. The van der Waals surface area contributed by atoms with E-state index in [1.165, 1.54) is 23.9 Å². The number of nitrogens with zero attached hydrogens (tertiary/aromatic N) is 1. The van der Waals surface area contributed by atoms with Gasteiger partial charge in [-0.05, 0) is 40.6 Å². The number of hydrogen-bond donors (Lipinski definition) is 0. The molecule has 0 bridgehead atoms. The average Bonchev–Trinajstić information content (AvgIpc) is 2.98. The second kappa shape index (κ2) is 5.91. The van der Waals surface area contributed by atoms with Crippen molar-refractivity contribution in [2.24, 2.45) is 0 Å². The largest absolute Gasteiger partial charge is 0.295 e. The van der Waals surface area contributed by atoms with Crippen molar-refractivity contribution in [3.63, 3.8) is 0 Å². The summed E-state index contributed by atoms with van der Waals surface area (Å²) in [5, 5.41) is 1.77. The molecule has 4 rings (SSSR count). The van der Waals surface area contributed by atoms with E-state index in [1.54, 1.807) is 4.90 Å². The van der Waals surface area contributed by atoms with E-state index in [2.05, 4.69) is 0 Å². The zero-order valence-electron chi connectivity index (χ0n) is 12.6. The predicted octanol–water partition coefficient (Wildman–Crippen LogP) is 4.90. The maximum atomic E-state index is 13.6. The number of amides is 1. The molecule has 2 nitrogen and oxygen atoms in total. The van der Waals surface area contributed by atoms with Gasteiger partial charge in [-0.1, -0.05) is 36.4 Å². The summed E-state index contributed by atoms with van der Waals surface area (Å²) in [6, 6.07) is 17.5. The van der Waals surface area contributed by atoms with Crippen LogP contribution in [0.1, 0.15) is 10.9 Å². The lowest BCUT2D eigenvalue weighted by atomic mass is 10.1. The summed E-state index contributed by atoms with van der Waals surface area (Å²) in [6.45, 7) is 0. The SMILES string of the molecule is O=C1CSC(c2ccc(F)c(F)c2)N1c1ccc2ccccc2c1. The van der Waals surface area contributed by atoms with Crippen molar-refractivity contribution < 1.29 is 13.6 Å². The first-order chi connectivity index (χ1) is 11.6. The minimum absolute atomic E-state index is 0.0370. The molecule has 1 heterocycles. The molecule has 3 aromatic carbocycles. The van der Waals surface area contributed by atoms with Gasteiger partial charge >= 0.3 is 0 Å². The molecule has 0 saturated carbocycles. The van der Waals surface area contributed by atoms with Crippen LogP contribution in [0.15, 0.2) is 60.7 Å². The second-order valence-electron chi connectivity index (χ2n) is 5.63. The first-order valence-electron chi connectivity index (χ1n) is 7.51. The number of carbonyl (C=O) groups excluding carboxylic acids is 1. The number of anilines is 1. The fourth-order valence-corrected chi connectivity index (χ4v) is 4.11. The maximum absolute atomic E-state index is 13.6. The minimum Gasteiger partial charge on any atom is -0.295 e. The van der Waals surface area contributed by atoms with Gasteiger partial charge in [0.1, 0.15) is 5.37 Å². The first-order valence-corrected chi connectivity index (χ1v) is 8.56. The molecule has 1 aliphatic rings. The second-order valence-corrected chi connectivity index (χ2v) is 6.70. The summed E-state index contributed by atoms with van der Waals surface area (Å²) in [4.78, 5) is 14.0. The van der Waals surface area contributed by atoms with Gasteiger partial charge in [-0.15, -0.1) is 11.8 Å². The normalized spacial score (nSPS) is 17.7. The van der Waals surface area contributed by atoms with Crippen molar-refractivity contribution in [1.29, 1.82) is 0 Å². The Morgan fingerprint density at radius 3 is 2.50 bits per heavy atom. The van der Waals surface area contributed by atoms with Gasteiger partial charge in [0.25, 0.3) is 0 Å². The molecule has 1 aliphatic heterocycles. The fourth-order valence-electron chi connectivity index (χ4n) is 2.94. The molecule has 0 N–H and O–H groups in total. The van der Waals surface area contributed by atoms with Gasteiger partial charge in [-0.25, -0.2) is 8.78 Å². The summed E-state index contributed by atoms with van der Waals surface area (Å²) in [5.41, 5.74) is 1.34. The lowest BCUT2D eigenvalue weighted by molar-refractivity contribution is -0.115. The number of hydrogen-bond acceptors (Lipinski definition) is 2. The van der Waals surface area contributed by atoms with E-state index in [4.69, 9.17) is 0 Å². The van der Waals surface area contributed by atoms with Gasteiger partial charge in [0, 0.05) is 5.69 Å². The van der Waals surface area contributed by atoms with Crippen LogP contribution in [0, 0.1) is 11.6 Å². The zero-order chi connectivity index (χ0) is 16.7. The smallest absolute Gasteiger partial charge is 0.238 e. The molecule has 1 atom stereocenters. The van der Waals surface area contributed by atoms with Crippen molar-refractivity contribution in [3.8, 4) is 0 Å². The van der Waals surface area contributed by atoms with E-state index in [9.17, 15) is 13.6 Å². The quantitative estimate of drug-likeness (QED) is 0.661. The van der Waals surface area contributed by atoms with E-state index >= 15 is 0 Å². The summed E-state index contributed by atoms with van der Waals surface area (Å²) in [6.07, 6.45) is 0. The minimum atomic E-state index is -0.897. The monoisotopic (exact) mass is 341 g/mol. The molecule has 24 heavy (non-hydrogen) atoms. The van der Waals surface area contributed by atoms with Crippen molar-refractivity contribution >= 4 is 34.1 Å². The first kappa shape index (κ1) is 15.1. The van der Waals surface area contributed by atoms with Crippen LogP contribution in [-0.4, -0.2) is 11.7 Å². The maximum Gasteiger partial charge on any atom is 0.238 e. The Labute approximate surface area is 142 Å².